The van der Waals surface area contributed by atoms with Gasteiger partial charge in [-0.1, -0.05) is 66.4 Å². The molecule has 1 amide bonds. The van der Waals surface area contributed by atoms with Crippen LogP contribution in [0.1, 0.15) is 5.76 Å². The Morgan fingerprint density at radius 1 is 1.15 bits per heavy atom. The molecule has 2 heterocycles. The second-order valence-electron chi connectivity index (χ2n) is 5.87. The minimum absolute atomic E-state index is 0.191. The van der Waals surface area contributed by atoms with E-state index in [1.807, 2.05) is 48.5 Å². The topological polar surface area (TPSA) is 73.6 Å². The summed E-state index contributed by atoms with van der Waals surface area (Å²) in [6.45, 7) is -0.554. The zero-order chi connectivity index (χ0) is 19.0. The van der Waals surface area contributed by atoms with Gasteiger partial charge in [0.1, 0.15) is 15.8 Å². The summed E-state index contributed by atoms with van der Waals surface area (Å²) in [5.41, 5.74) is 0.956. The van der Waals surface area contributed by atoms with Gasteiger partial charge in [-0.2, -0.15) is 0 Å². The molecule has 1 aliphatic rings. The minimum atomic E-state index is -1.36. The summed E-state index contributed by atoms with van der Waals surface area (Å²) < 4.78 is 6.10. The van der Waals surface area contributed by atoms with Crippen molar-refractivity contribution in [1.82, 2.24) is 4.90 Å². The fourth-order valence-corrected chi connectivity index (χ4v) is 4.15. The Bertz CT molecular complexity index is 1110. The summed E-state index contributed by atoms with van der Waals surface area (Å²) in [5, 5.41) is 12.9. The first-order chi connectivity index (χ1) is 13.0. The van der Waals surface area contributed by atoms with Crippen LogP contribution in [0.5, 0.6) is 0 Å². The number of hydrogen-bond acceptors (Lipinski definition) is 6. The smallest absolute Gasteiger partial charge is 0.266 e. The zero-order valence-corrected chi connectivity index (χ0v) is 15.5. The van der Waals surface area contributed by atoms with E-state index in [2.05, 4.69) is 0 Å². The van der Waals surface area contributed by atoms with Gasteiger partial charge in [-0.15, -0.1) is 0 Å². The van der Waals surface area contributed by atoms with Crippen molar-refractivity contribution < 1.29 is 19.1 Å². The first-order valence-electron chi connectivity index (χ1n) is 8.06. The van der Waals surface area contributed by atoms with E-state index in [-0.39, 0.29) is 4.32 Å². The third-order valence-corrected chi connectivity index (χ3v) is 5.49. The fourth-order valence-electron chi connectivity index (χ4n) is 2.91. The van der Waals surface area contributed by atoms with Gasteiger partial charge in [-0.3, -0.25) is 9.69 Å². The maximum atomic E-state index is 12.3. The van der Waals surface area contributed by atoms with Crippen LogP contribution in [0.15, 0.2) is 63.9 Å². The molecule has 1 aliphatic heterocycles. The average molecular weight is 394 g/mol. The molecule has 0 bridgehead atoms. The predicted octanol–water partition coefficient (Wildman–Crippen LogP) is 3.05. The van der Waals surface area contributed by atoms with E-state index in [0.29, 0.717) is 16.4 Å². The van der Waals surface area contributed by atoms with Crippen LogP contribution in [0, 0.1) is 0 Å². The molecule has 5 nitrogen and oxygen atoms in total. The number of carbonyl (C=O) groups is 2. The largest absolute Gasteiger partial charge is 0.548 e. The molecule has 0 atom stereocenters. The van der Waals surface area contributed by atoms with E-state index in [0.717, 1.165) is 33.0 Å². The number of carbonyl (C=O) groups excluding carboxylic acids is 2. The molecule has 0 unspecified atom stereocenters. The van der Waals surface area contributed by atoms with Gasteiger partial charge in [-0.05, 0) is 22.9 Å². The maximum absolute atomic E-state index is 12.3. The molecular formula is C20H12NO4S2-. The average Bonchev–Trinajstić information content (AvgIpc) is 3.21. The molecule has 2 aromatic carbocycles. The van der Waals surface area contributed by atoms with E-state index >= 15 is 0 Å². The quantitative estimate of drug-likeness (QED) is 0.500. The fraction of sp³-hybridized carbons (Fsp3) is 0.0500. The van der Waals surface area contributed by atoms with Crippen molar-refractivity contribution in [2.45, 2.75) is 0 Å². The lowest BCUT2D eigenvalue weighted by Crippen LogP contribution is -2.40. The van der Waals surface area contributed by atoms with Gasteiger partial charge in [0.2, 0.25) is 0 Å². The number of carboxylic acids is 1. The number of thioether (sulfide) groups is 1. The Morgan fingerprint density at radius 3 is 2.74 bits per heavy atom. The van der Waals surface area contributed by atoms with Gasteiger partial charge in [0.05, 0.1) is 17.4 Å². The first kappa shape index (κ1) is 17.5. The maximum Gasteiger partial charge on any atom is 0.266 e. The van der Waals surface area contributed by atoms with Crippen LogP contribution in [0.25, 0.3) is 28.2 Å². The molecule has 7 heteroatoms. The number of fused-ring (bicyclic) bond motifs is 1. The molecule has 0 spiro atoms. The van der Waals surface area contributed by atoms with E-state index in [4.69, 9.17) is 16.6 Å². The third kappa shape index (κ3) is 3.39. The highest BCUT2D eigenvalue weighted by Gasteiger charge is 2.32. The number of hydrogen-bond donors (Lipinski definition) is 0. The number of amides is 1. The summed E-state index contributed by atoms with van der Waals surface area (Å²) in [6, 6.07) is 17.6. The van der Waals surface area contributed by atoms with Crippen LogP contribution >= 0.6 is 24.0 Å². The van der Waals surface area contributed by atoms with Crippen LogP contribution in [-0.2, 0) is 9.59 Å². The Balaban J connectivity index is 1.65. The van der Waals surface area contributed by atoms with Crippen LogP contribution in [-0.4, -0.2) is 27.6 Å². The van der Waals surface area contributed by atoms with Crippen molar-refractivity contribution in [2.75, 3.05) is 6.54 Å². The number of benzene rings is 2. The highest BCUT2D eigenvalue weighted by atomic mass is 32.2. The summed E-state index contributed by atoms with van der Waals surface area (Å²) in [6.07, 6.45) is 1.57. The SMILES string of the molecule is O=C([O-])CN1C(=O)/C(=C\c2ccc(-c3cccc4ccccc34)o2)SC1=S. The molecule has 0 N–H and O–H groups in total. The normalized spacial score (nSPS) is 15.9. The zero-order valence-electron chi connectivity index (χ0n) is 13.9. The first-order valence-corrected chi connectivity index (χ1v) is 9.28. The number of thiocarbonyl (C=S) groups is 1. The number of carboxylic acid groups (broad SMARTS) is 1. The Labute approximate surface area is 164 Å². The van der Waals surface area contributed by atoms with Crippen molar-refractivity contribution in [2.24, 2.45) is 0 Å². The van der Waals surface area contributed by atoms with Gasteiger partial charge >= 0.3 is 0 Å². The molecule has 4 rings (SSSR count). The Morgan fingerprint density at radius 2 is 1.93 bits per heavy atom. The van der Waals surface area contributed by atoms with Gasteiger partial charge in [0.25, 0.3) is 5.91 Å². The molecule has 1 saturated heterocycles. The molecule has 1 aromatic heterocycles. The molecule has 0 saturated carbocycles. The lowest BCUT2D eigenvalue weighted by Gasteiger charge is -2.14. The molecule has 0 radical (unpaired) electrons. The summed E-state index contributed by atoms with van der Waals surface area (Å²) in [7, 11) is 0. The molecule has 134 valence electrons. The van der Waals surface area contributed by atoms with Gasteiger partial charge in [0.15, 0.2) is 0 Å². The van der Waals surface area contributed by atoms with Crippen LogP contribution in [0.2, 0.25) is 0 Å². The van der Waals surface area contributed by atoms with E-state index in [1.54, 1.807) is 12.1 Å². The van der Waals surface area contributed by atoms with Crippen molar-refractivity contribution in [3.63, 3.8) is 0 Å². The second-order valence-corrected chi connectivity index (χ2v) is 7.54. The van der Waals surface area contributed by atoms with Crippen LogP contribution in [0.4, 0.5) is 0 Å². The Hall–Kier alpha value is -2.90. The lowest BCUT2D eigenvalue weighted by atomic mass is 10.0. The second kappa shape index (κ2) is 7.02. The van der Waals surface area contributed by atoms with Gasteiger partial charge in [-0.25, -0.2) is 0 Å². The van der Waals surface area contributed by atoms with Crippen molar-refractivity contribution in [3.8, 4) is 11.3 Å². The van der Waals surface area contributed by atoms with E-state index < -0.39 is 18.4 Å². The van der Waals surface area contributed by atoms with Gasteiger partial charge in [0, 0.05) is 11.6 Å². The predicted molar refractivity (Wildman–Crippen MR) is 107 cm³/mol. The summed E-state index contributed by atoms with van der Waals surface area (Å²) in [4.78, 5) is 24.4. The molecular weight excluding hydrogens is 382 g/mol. The summed E-state index contributed by atoms with van der Waals surface area (Å²) in [5.74, 6) is -0.642. The third-order valence-electron chi connectivity index (χ3n) is 4.12. The number of aliphatic carboxylic acids is 1. The number of rotatable bonds is 4. The Kier molecular flexibility index (Phi) is 4.55. The standard InChI is InChI=1S/C20H13NO4S2/c22-18(23)11-21-19(24)17(27-20(21)26)10-13-8-9-16(25-13)15-7-3-5-12-4-1-2-6-14(12)15/h1-10H,11H2,(H,22,23)/p-1/b17-10+. The van der Waals surface area contributed by atoms with Gasteiger partial charge < -0.3 is 14.3 Å². The monoisotopic (exact) mass is 394 g/mol. The number of nitrogens with zero attached hydrogens (tertiary/aromatic N) is 1. The minimum Gasteiger partial charge on any atom is -0.548 e. The molecule has 3 aromatic rings. The van der Waals surface area contributed by atoms with Crippen molar-refractivity contribution in [3.05, 3.63) is 65.3 Å². The van der Waals surface area contributed by atoms with E-state index in [9.17, 15) is 14.7 Å². The van der Waals surface area contributed by atoms with Crippen LogP contribution < -0.4 is 5.11 Å². The van der Waals surface area contributed by atoms with Crippen LogP contribution in [0.3, 0.4) is 0 Å². The highest BCUT2D eigenvalue weighted by molar-refractivity contribution is 8.26. The lowest BCUT2D eigenvalue weighted by molar-refractivity contribution is -0.305. The molecule has 27 heavy (non-hydrogen) atoms. The highest BCUT2D eigenvalue weighted by Crippen LogP contribution is 2.34. The van der Waals surface area contributed by atoms with E-state index in [1.165, 1.54) is 0 Å². The molecule has 0 aliphatic carbocycles. The summed E-state index contributed by atoms with van der Waals surface area (Å²) >= 11 is 6.11. The van der Waals surface area contributed by atoms with Crippen molar-refractivity contribution in [1.29, 1.82) is 0 Å². The number of furan rings is 1. The van der Waals surface area contributed by atoms with Crippen molar-refractivity contribution >= 4 is 57.0 Å². The molecule has 1 fully saturated rings.